The zero-order chi connectivity index (χ0) is 15.3. The molecule has 1 N–H and O–H groups in total. The first-order valence-electron chi connectivity index (χ1n) is 6.82. The van der Waals surface area contributed by atoms with Gasteiger partial charge in [0.15, 0.2) is 0 Å². The molecule has 1 aliphatic rings. The summed E-state index contributed by atoms with van der Waals surface area (Å²) in [5, 5.41) is 8.91. The molecule has 1 aliphatic heterocycles. The molecule has 1 rings (SSSR count). The van der Waals surface area contributed by atoms with Crippen molar-refractivity contribution in [1.82, 2.24) is 9.80 Å². The molecule has 2 amide bonds. The lowest BCUT2D eigenvalue weighted by atomic mass is 9.94. The van der Waals surface area contributed by atoms with Crippen LogP contribution in [0.15, 0.2) is 25.3 Å². The number of rotatable bonds is 6. The van der Waals surface area contributed by atoms with Crippen LogP contribution in [0, 0.1) is 5.92 Å². The van der Waals surface area contributed by atoms with Gasteiger partial charge in [-0.2, -0.15) is 0 Å². The van der Waals surface area contributed by atoms with Gasteiger partial charge in [0, 0.05) is 31.6 Å². The summed E-state index contributed by atoms with van der Waals surface area (Å²) in [5.74, 6) is -0.796. The molecule has 112 valence electrons. The van der Waals surface area contributed by atoms with Gasteiger partial charge in [-0.15, -0.1) is 13.2 Å². The molecule has 0 aromatic rings. The van der Waals surface area contributed by atoms with Crippen LogP contribution in [0.4, 0.5) is 4.79 Å². The molecule has 1 saturated heterocycles. The third-order valence-corrected chi connectivity index (χ3v) is 3.62. The number of urea groups is 1. The normalized spacial score (nSPS) is 20.5. The largest absolute Gasteiger partial charge is 0.481 e. The fraction of sp³-hybridized carbons (Fsp3) is 0.600. The number of carbonyl (C=O) groups is 2. The van der Waals surface area contributed by atoms with Crippen LogP contribution < -0.4 is 0 Å². The van der Waals surface area contributed by atoms with Crippen LogP contribution in [-0.4, -0.2) is 52.1 Å². The SMILES string of the molecule is C=CCN(CC=C)C(=O)N1CC(CC(=O)O)CC1(C)C. The Morgan fingerprint density at radius 2 is 1.90 bits per heavy atom. The second-order valence-electron chi connectivity index (χ2n) is 5.86. The van der Waals surface area contributed by atoms with Crippen LogP contribution in [-0.2, 0) is 4.79 Å². The molecule has 5 heteroatoms. The van der Waals surface area contributed by atoms with Crippen molar-refractivity contribution in [2.75, 3.05) is 19.6 Å². The number of carboxylic acids is 1. The number of hydrogen-bond acceptors (Lipinski definition) is 2. The highest BCUT2D eigenvalue weighted by Crippen LogP contribution is 2.35. The highest BCUT2D eigenvalue weighted by molar-refractivity contribution is 5.76. The van der Waals surface area contributed by atoms with E-state index in [2.05, 4.69) is 13.2 Å². The van der Waals surface area contributed by atoms with E-state index in [1.165, 1.54) is 0 Å². The molecule has 1 fully saturated rings. The van der Waals surface area contributed by atoms with Crippen LogP contribution in [0.25, 0.3) is 0 Å². The van der Waals surface area contributed by atoms with Gasteiger partial charge in [0.05, 0.1) is 0 Å². The van der Waals surface area contributed by atoms with Crippen molar-refractivity contribution in [2.24, 2.45) is 5.92 Å². The summed E-state index contributed by atoms with van der Waals surface area (Å²) in [7, 11) is 0. The van der Waals surface area contributed by atoms with Gasteiger partial charge in [-0.1, -0.05) is 12.2 Å². The minimum Gasteiger partial charge on any atom is -0.481 e. The standard InChI is InChI=1S/C15H24N2O3/c1-5-7-16(8-6-2)14(20)17-11-12(9-13(18)19)10-15(17,3)4/h5-6,12H,1-2,7-11H2,3-4H3,(H,18,19). The number of amides is 2. The van der Waals surface area contributed by atoms with E-state index in [9.17, 15) is 9.59 Å². The lowest BCUT2D eigenvalue weighted by molar-refractivity contribution is -0.138. The van der Waals surface area contributed by atoms with E-state index in [1.54, 1.807) is 22.0 Å². The zero-order valence-corrected chi connectivity index (χ0v) is 12.3. The first-order valence-corrected chi connectivity index (χ1v) is 6.82. The molecular formula is C15H24N2O3. The van der Waals surface area contributed by atoms with Gasteiger partial charge in [-0.05, 0) is 26.2 Å². The number of carboxylic acid groups (broad SMARTS) is 1. The maximum absolute atomic E-state index is 12.6. The average molecular weight is 280 g/mol. The van der Waals surface area contributed by atoms with Crippen molar-refractivity contribution in [3.8, 4) is 0 Å². The van der Waals surface area contributed by atoms with Crippen LogP contribution in [0.1, 0.15) is 26.7 Å². The lowest BCUT2D eigenvalue weighted by Gasteiger charge is -2.35. The highest BCUT2D eigenvalue weighted by atomic mass is 16.4. The number of hydrogen-bond donors (Lipinski definition) is 1. The van der Waals surface area contributed by atoms with Crippen molar-refractivity contribution in [3.63, 3.8) is 0 Å². The monoisotopic (exact) mass is 280 g/mol. The third-order valence-electron chi connectivity index (χ3n) is 3.62. The summed E-state index contributed by atoms with van der Waals surface area (Å²) in [6.07, 6.45) is 4.18. The van der Waals surface area contributed by atoms with Crippen molar-refractivity contribution in [3.05, 3.63) is 25.3 Å². The Labute approximate surface area is 120 Å². The second-order valence-corrected chi connectivity index (χ2v) is 5.86. The molecule has 0 aromatic carbocycles. The number of aliphatic carboxylic acids is 1. The summed E-state index contributed by atoms with van der Waals surface area (Å²) in [5.41, 5.74) is -0.322. The highest BCUT2D eigenvalue weighted by Gasteiger charge is 2.42. The first-order chi connectivity index (χ1) is 9.31. The molecule has 0 radical (unpaired) electrons. The Morgan fingerprint density at radius 1 is 1.35 bits per heavy atom. The summed E-state index contributed by atoms with van der Waals surface area (Å²) in [6, 6.07) is -0.0808. The fourth-order valence-corrected chi connectivity index (χ4v) is 2.82. The Bertz CT molecular complexity index is 394. The predicted octanol–water partition coefficient (Wildman–Crippen LogP) is 2.36. The molecule has 0 bridgehead atoms. The van der Waals surface area contributed by atoms with Crippen molar-refractivity contribution >= 4 is 12.0 Å². The molecule has 0 saturated carbocycles. The summed E-state index contributed by atoms with van der Waals surface area (Å²) < 4.78 is 0. The van der Waals surface area contributed by atoms with Gasteiger partial charge in [0.25, 0.3) is 0 Å². The van der Waals surface area contributed by atoms with Crippen LogP contribution in [0.3, 0.4) is 0 Å². The summed E-state index contributed by atoms with van der Waals surface area (Å²) in [4.78, 5) is 26.9. The fourth-order valence-electron chi connectivity index (χ4n) is 2.82. The van der Waals surface area contributed by atoms with E-state index < -0.39 is 5.97 Å². The maximum Gasteiger partial charge on any atom is 0.321 e. The van der Waals surface area contributed by atoms with E-state index in [4.69, 9.17) is 5.11 Å². The predicted molar refractivity (Wildman–Crippen MR) is 78.5 cm³/mol. The van der Waals surface area contributed by atoms with Crippen molar-refractivity contribution in [2.45, 2.75) is 32.2 Å². The van der Waals surface area contributed by atoms with Crippen LogP contribution in [0.5, 0.6) is 0 Å². The Kier molecular flexibility index (Phi) is 5.36. The van der Waals surface area contributed by atoms with Gasteiger partial charge in [-0.3, -0.25) is 4.79 Å². The Hall–Kier alpha value is -1.78. The molecule has 5 nitrogen and oxygen atoms in total. The van der Waals surface area contributed by atoms with Gasteiger partial charge in [0.1, 0.15) is 0 Å². The molecule has 1 atom stereocenters. The average Bonchev–Trinajstić information content (AvgIpc) is 2.62. The van der Waals surface area contributed by atoms with Crippen LogP contribution >= 0.6 is 0 Å². The zero-order valence-electron chi connectivity index (χ0n) is 12.3. The summed E-state index contributed by atoms with van der Waals surface area (Å²) >= 11 is 0. The van der Waals surface area contributed by atoms with E-state index >= 15 is 0 Å². The smallest absolute Gasteiger partial charge is 0.321 e. The molecule has 0 aliphatic carbocycles. The van der Waals surface area contributed by atoms with Gasteiger partial charge < -0.3 is 14.9 Å². The van der Waals surface area contributed by atoms with Crippen LogP contribution in [0.2, 0.25) is 0 Å². The Balaban J connectivity index is 2.81. The van der Waals surface area contributed by atoms with Gasteiger partial charge in [0.2, 0.25) is 0 Å². The first kappa shape index (κ1) is 16.3. The minimum absolute atomic E-state index is 0.0146. The van der Waals surface area contributed by atoms with E-state index in [0.29, 0.717) is 26.1 Å². The van der Waals surface area contributed by atoms with E-state index in [-0.39, 0.29) is 23.9 Å². The van der Waals surface area contributed by atoms with Gasteiger partial charge >= 0.3 is 12.0 Å². The number of likely N-dealkylation sites (tertiary alicyclic amines) is 1. The van der Waals surface area contributed by atoms with E-state index in [1.807, 2.05) is 13.8 Å². The molecule has 20 heavy (non-hydrogen) atoms. The third kappa shape index (κ3) is 3.85. The molecule has 0 aromatic heterocycles. The quantitative estimate of drug-likeness (QED) is 0.760. The lowest BCUT2D eigenvalue weighted by Crippen LogP contribution is -2.50. The van der Waals surface area contributed by atoms with Gasteiger partial charge in [-0.25, -0.2) is 4.79 Å². The topological polar surface area (TPSA) is 60.9 Å². The molecule has 0 spiro atoms. The molecule has 1 unspecified atom stereocenters. The maximum atomic E-state index is 12.6. The second kappa shape index (κ2) is 6.59. The minimum atomic E-state index is -0.811. The molecular weight excluding hydrogens is 256 g/mol. The summed E-state index contributed by atoms with van der Waals surface area (Å²) in [6.45, 7) is 12.7. The van der Waals surface area contributed by atoms with E-state index in [0.717, 1.165) is 0 Å². The molecule has 1 heterocycles. The number of nitrogens with zero attached hydrogens (tertiary/aromatic N) is 2. The van der Waals surface area contributed by atoms with Crippen molar-refractivity contribution in [1.29, 1.82) is 0 Å². The van der Waals surface area contributed by atoms with Crippen molar-refractivity contribution < 1.29 is 14.7 Å². The Morgan fingerprint density at radius 3 is 2.35 bits per heavy atom. The number of carbonyl (C=O) groups excluding carboxylic acids is 1.